The first-order chi connectivity index (χ1) is 9.72. The molecule has 1 heterocycles. The summed E-state index contributed by atoms with van der Waals surface area (Å²) in [7, 11) is 0. The second-order valence-electron chi connectivity index (χ2n) is 4.67. The Hall–Kier alpha value is -2.14. The van der Waals surface area contributed by atoms with Crippen LogP contribution in [0, 0.1) is 0 Å². The highest BCUT2D eigenvalue weighted by molar-refractivity contribution is 5.92. The number of nitrogens with one attached hydrogen (secondary N) is 2. The number of benzene rings is 1. The molecule has 0 radical (unpaired) electrons. The third-order valence-electron chi connectivity index (χ3n) is 3.12. The van der Waals surface area contributed by atoms with Gasteiger partial charge in [0.05, 0.1) is 12.6 Å². The largest absolute Gasteiger partial charge is 0.394 e. The minimum atomic E-state index is -0.313. The number of carbonyl (C=O) groups is 1. The predicted octanol–water partition coefficient (Wildman–Crippen LogP) is 1.31. The molecule has 5 heteroatoms. The van der Waals surface area contributed by atoms with E-state index < -0.39 is 0 Å². The second kappa shape index (κ2) is 6.86. The first-order valence-corrected chi connectivity index (χ1v) is 6.72. The van der Waals surface area contributed by atoms with Gasteiger partial charge in [-0.05, 0) is 24.5 Å². The molecule has 106 valence electrons. The number of hydrogen-bond acceptors (Lipinski definition) is 3. The third-order valence-corrected chi connectivity index (χ3v) is 3.12. The summed E-state index contributed by atoms with van der Waals surface area (Å²) in [4.78, 5) is 12.0. The van der Waals surface area contributed by atoms with Gasteiger partial charge in [0.25, 0.3) is 5.91 Å². The molecule has 5 nitrogen and oxygen atoms in total. The topological polar surface area (TPSA) is 78.0 Å². The van der Waals surface area contributed by atoms with Crippen LogP contribution in [-0.4, -0.2) is 33.9 Å². The van der Waals surface area contributed by atoms with E-state index in [2.05, 4.69) is 15.5 Å². The van der Waals surface area contributed by atoms with Crippen molar-refractivity contribution in [2.45, 2.75) is 25.8 Å². The molecule has 3 N–H and O–H groups in total. The quantitative estimate of drug-likeness (QED) is 0.742. The van der Waals surface area contributed by atoms with Gasteiger partial charge in [0.2, 0.25) is 0 Å². The molecule has 1 aromatic carbocycles. The Labute approximate surface area is 118 Å². The van der Waals surface area contributed by atoms with Crippen molar-refractivity contribution in [2.24, 2.45) is 0 Å². The lowest BCUT2D eigenvalue weighted by atomic mass is 10.1. The summed E-state index contributed by atoms with van der Waals surface area (Å²) in [5, 5.41) is 19.0. The van der Waals surface area contributed by atoms with Crippen LogP contribution in [0.5, 0.6) is 0 Å². The SMILES string of the molecule is CCc1cc(C(=O)N[C@@H](CO)Cc2ccccc2)n[nH]1. The van der Waals surface area contributed by atoms with E-state index in [1.54, 1.807) is 6.07 Å². The van der Waals surface area contributed by atoms with Gasteiger partial charge in [-0.2, -0.15) is 5.10 Å². The summed E-state index contributed by atoms with van der Waals surface area (Å²) < 4.78 is 0. The summed E-state index contributed by atoms with van der Waals surface area (Å²) in [6.07, 6.45) is 1.39. The summed E-state index contributed by atoms with van der Waals surface area (Å²) >= 11 is 0. The standard InChI is InChI=1S/C15H19N3O2/c1-2-12-9-14(18-17-12)15(20)16-13(10-19)8-11-6-4-3-5-7-11/h3-7,9,13,19H,2,8,10H2,1H3,(H,16,20)(H,17,18)/t13-/m1/s1. The van der Waals surface area contributed by atoms with Crippen LogP contribution in [0.3, 0.4) is 0 Å². The van der Waals surface area contributed by atoms with Crippen LogP contribution in [0.25, 0.3) is 0 Å². The lowest BCUT2D eigenvalue weighted by Crippen LogP contribution is -2.39. The van der Waals surface area contributed by atoms with E-state index in [9.17, 15) is 9.90 Å². The van der Waals surface area contributed by atoms with E-state index >= 15 is 0 Å². The van der Waals surface area contributed by atoms with Gasteiger partial charge in [-0.1, -0.05) is 37.3 Å². The Bertz CT molecular complexity index is 551. The molecule has 2 rings (SSSR count). The average Bonchev–Trinajstić information content (AvgIpc) is 2.96. The number of amides is 1. The van der Waals surface area contributed by atoms with Gasteiger partial charge in [-0.25, -0.2) is 0 Å². The van der Waals surface area contributed by atoms with Gasteiger partial charge < -0.3 is 10.4 Å². The van der Waals surface area contributed by atoms with Crippen molar-refractivity contribution in [1.29, 1.82) is 0 Å². The zero-order chi connectivity index (χ0) is 14.4. The van der Waals surface area contributed by atoms with Gasteiger partial charge in [-0.3, -0.25) is 9.89 Å². The number of carbonyl (C=O) groups excluding carboxylic acids is 1. The zero-order valence-corrected chi connectivity index (χ0v) is 11.5. The highest BCUT2D eigenvalue weighted by atomic mass is 16.3. The molecular weight excluding hydrogens is 254 g/mol. The molecular formula is C15H19N3O2. The van der Waals surface area contributed by atoms with Gasteiger partial charge in [0, 0.05) is 5.69 Å². The van der Waals surface area contributed by atoms with Crippen molar-refractivity contribution in [1.82, 2.24) is 15.5 Å². The molecule has 0 spiro atoms. The third kappa shape index (κ3) is 3.68. The molecule has 0 saturated heterocycles. The maximum absolute atomic E-state index is 12.0. The van der Waals surface area contributed by atoms with E-state index in [4.69, 9.17) is 0 Å². The Morgan fingerprint density at radius 1 is 1.40 bits per heavy atom. The molecule has 1 atom stereocenters. The molecule has 0 fully saturated rings. The summed E-state index contributed by atoms with van der Waals surface area (Å²) in [5.41, 5.74) is 2.34. The van der Waals surface area contributed by atoms with E-state index in [1.807, 2.05) is 37.3 Å². The van der Waals surface area contributed by atoms with Gasteiger partial charge in [0.15, 0.2) is 0 Å². The molecule has 0 aliphatic carbocycles. The number of aliphatic hydroxyl groups excluding tert-OH is 1. The first kappa shape index (κ1) is 14.3. The van der Waals surface area contributed by atoms with Crippen LogP contribution < -0.4 is 5.32 Å². The Balaban J connectivity index is 1.97. The molecule has 1 aromatic heterocycles. The fourth-order valence-electron chi connectivity index (χ4n) is 1.98. The fraction of sp³-hybridized carbons (Fsp3) is 0.333. The molecule has 0 aliphatic heterocycles. The molecule has 0 saturated carbocycles. The molecule has 0 bridgehead atoms. The van der Waals surface area contributed by atoms with Crippen molar-refractivity contribution >= 4 is 5.91 Å². The predicted molar refractivity (Wildman–Crippen MR) is 76.5 cm³/mol. The maximum atomic E-state index is 12.0. The average molecular weight is 273 g/mol. The number of aliphatic hydroxyl groups is 1. The van der Waals surface area contributed by atoms with Crippen LogP contribution >= 0.6 is 0 Å². The normalized spacial score (nSPS) is 12.1. The van der Waals surface area contributed by atoms with Gasteiger partial charge in [-0.15, -0.1) is 0 Å². The minimum absolute atomic E-state index is 0.105. The molecule has 0 unspecified atom stereocenters. The second-order valence-corrected chi connectivity index (χ2v) is 4.67. The number of aromatic amines is 1. The van der Waals surface area contributed by atoms with Crippen LogP contribution in [-0.2, 0) is 12.8 Å². The number of rotatable bonds is 6. The van der Waals surface area contributed by atoms with E-state index in [0.29, 0.717) is 12.1 Å². The summed E-state index contributed by atoms with van der Waals surface area (Å²) in [5.74, 6) is -0.268. The van der Waals surface area contributed by atoms with E-state index in [1.165, 1.54) is 0 Å². The molecule has 20 heavy (non-hydrogen) atoms. The number of nitrogens with zero attached hydrogens (tertiary/aromatic N) is 1. The lowest BCUT2D eigenvalue weighted by Gasteiger charge is -2.15. The van der Waals surface area contributed by atoms with Crippen molar-refractivity contribution in [3.05, 3.63) is 53.3 Å². The first-order valence-electron chi connectivity index (χ1n) is 6.72. The number of aryl methyl sites for hydroxylation is 1. The fourth-order valence-corrected chi connectivity index (χ4v) is 1.98. The molecule has 0 aliphatic rings. The highest BCUT2D eigenvalue weighted by Gasteiger charge is 2.15. The van der Waals surface area contributed by atoms with Crippen LogP contribution in [0.4, 0.5) is 0 Å². The number of H-pyrrole nitrogens is 1. The van der Waals surface area contributed by atoms with Crippen LogP contribution in [0.1, 0.15) is 28.7 Å². The highest BCUT2D eigenvalue weighted by Crippen LogP contribution is 2.05. The molecule has 1 amide bonds. The van der Waals surface area contributed by atoms with Crippen LogP contribution in [0.2, 0.25) is 0 Å². The Morgan fingerprint density at radius 2 is 2.15 bits per heavy atom. The Kier molecular flexibility index (Phi) is 4.90. The monoisotopic (exact) mass is 273 g/mol. The lowest BCUT2D eigenvalue weighted by molar-refractivity contribution is 0.0911. The minimum Gasteiger partial charge on any atom is -0.394 e. The smallest absolute Gasteiger partial charge is 0.272 e. The van der Waals surface area contributed by atoms with Crippen molar-refractivity contribution in [3.8, 4) is 0 Å². The Morgan fingerprint density at radius 3 is 2.75 bits per heavy atom. The summed E-state index contributed by atoms with van der Waals surface area (Å²) in [6, 6.07) is 11.2. The summed E-state index contributed by atoms with van der Waals surface area (Å²) in [6.45, 7) is 1.88. The van der Waals surface area contributed by atoms with Crippen molar-refractivity contribution in [2.75, 3.05) is 6.61 Å². The van der Waals surface area contributed by atoms with E-state index in [-0.39, 0.29) is 18.6 Å². The zero-order valence-electron chi connectivity index (χ0n) is 11.5. The van der Waals surface area contributed by atoms with Gasteiger partial charge in [0.1, 0.15) is 5.69 Å². The van der Waals surface area contributed by atoms with Crippen molar-refractivity contribution in [3.63, 3.8) is 0 Å². The van der Waals surface area contributed by atoms with E-state index in [0.717, 1.165) is 17.7 Å². The van der Waals surface area contributed by atoms with Crippen molar-refractivity contribution < 1.29 is 9.90 Å². The number of aromatic nitrogens is 2. The number of hydrogen-bond donors (Lipinski definition) is 3. The van der Waals surface area contributed by atoms with Crippen LogP contribution in [0.15, 0.2) is 36.4 Å². The maximum Gasteiger partial charge on any atom is 0.272 e. The van der Waals surface area contributed by atoms with Gasteiger partial charge >= 0.3 is 0 Å². The molecule has 2 aromatic rings.